The summed E-state index contributed by atoms with van der Waals surface area (Å²) < 4.78 is 38.3. The van der Waals surface area contributed by atoms with E-state index in [1.807, 2.05) is 0 Å². The van der Waals surface area contributed by atoms with Crippen molar-refractivity contribution >= 4 is 0 Å². The molecule has 0 saturated carbocycles. The van der Waals surface area contributed by atoms with Gasteiger partial charge in [-0.2, -0.15) is 28.6 Å². The van der Waals surface area contributed by atoms with Crippen LogP contribution in [0.25, 0.3) is 0 Å². The monoisotopic (exact) mass is 242 g/mol. The van der Waals surface area contributed by atoms with Gasteiger partial charge in [-0.25, -0.2) is 0 Å². The van der Waals surface area contributed by atoms with Crippen molar-refractivity contribution in [3.05, 3.63) is 47.3 Å². The lowest BCUT2D eigenvalue weighted by Gasteiger charge is -2.16. The molecule has 0 aliphatic rings. The fraction of sp³-hybridized carbons (Fsp3) is 0.200. The molecule has 2 aromatic rings. The third-order valence-corrected chi connectivity index (χ3v) is 2.35. The molecular weight excluding hydrogens is 233 g/mol. The first-order valence-electron chi connectivity index (χ1n) is 4.77. The van der Waals surface area contributed by atoms with E-state index in [-0.39, 0.29) is 11.3 Å². The zero-order chi connectivity index (χ0) is 12.5. The standard InChI is InChI=1S/C10H9F3N4/c11-10(12,13)7-4-2-1-3-6(7)9(14)8-5-15-17-16-8/h1-5,9H,14H2,(H,15,16,17). The van der Waals surface area contributed by atoms with E-state index in [0.717, 1.165) is 6.07 Å². The predicted octanol–water partition coefficient (Wildman–Crippen LogP) is 1.87. The number of halogens is 3. The normalized spacial score (nSPS) is 13.6. The van der Waals surface area contributed by atoms with Gasteiger partial charge < -0.3 is 5.73 Å². The van der Waals surface area contributed by atoms with Crippen LogP contribution in [-0.2, 0) is 6.18 Å². The van der Waals surface area contributed by atoms with Crippen molar-refractivity contribution in [3.8, 4) is 0 Å². The van der Waals surface area contributed by atoms with Crippen molar-refractivity contribution in [1.82, 2.24) is 15.4 Å². The van der Waals surface area contributed by atoms with E-state index in [1.165, 1.54) is 24.4 Å². The van der Waals surface area contributed by atoms with Gasteiger partial charge in [0, 0.05) is 0 Å². The van der Waals surface area contributed by atoms with Gasteiger partial charge in [-0.1, -0.05) is 18.2 Å². The maximum atomic E-state index is 12.8. The number of aromatic amines is 1. The lowest BCUT2D eigenvalue weighted by molar-refractivity contribution is -0.138. The number of benzene rings is 1. The van der Waals surface area contributed by atoms with Crippen molar-refractivity contribution in [1.29, 1.82) is 0 Å². The summed E-state index contributed by atoms with van der Waals surface area (Å²) in [5, 5.41) is 9.53. The van der Waals surface area contributed by atoms with E-state index in [9.17, 15) is 13.2 Å². The molecule has 3 N–H and O–H groups in total. The van der Waals surface area contributed by atoms with Crippen LogP contribution in [0.2, 0.25) is 0 Å². The first kappa shape index (κ1) is 11.6. The molecule has 2 rings (SSSR count). The molecule has 0 saturated heterocycles. The summed E-state index contributed by atoms with van der Waals surface area (Å²) in [6.07, 6.45) is -3.13. The van der Waals surface area contributed by atoms with E-state index in [2.05, 4.69) is 15.4 Å². The number of nitrogens with zero attached hydrogens (tertiary/aromatic N) is 2. The van der Waals surface area contributed by atoms with Crippen molar-refractivity contribution in [2.24, 2.45) is 5.73 Å². The number of hydrogen-bond donors (Lipinski definition) is 2. The average Bonchev–Trinajstić information content (AvgIpc) is 2.80. The van der Waals surface area contributed by atoms with Crippen LogP contribution < -0.4 is 5.73 Å². The van der Waals surface area contributed by atoms with Crippen LogP contribution in [0.4, 0.5) is 13.2 Å². The molecule has 90 valence electrons. The Morgan fingerprint density at radius 2 is 1.94 bits per heavy atom. The minimum absolute atomic E-state index is 0.0195. The number of nitrogens with two attached hydrogens (primary N) is 1. The van der Waals surface area contributed by atoms with Gasteiger partial charge in [0.1, 0.15) is 5.69 Å². The van der Waals surface area contributed by atoms with Crippen molar-refractivity contribution in [2.75, 3.05) is 0 Å². The number of rotatable bonds is 2. The number of H-pyrrole nitrogens is 1. The van der Waals surface area contributed by atoms with Gasteiger partial charge in [-0.15, -0.1) is 0 Å². The third kappa shape index (κ3) is 2.28. The summed E-state index contributed by atoms with van der Waals surface area (Å²) in [5.74, 6) is 0. The smallest absolute Gasteiger partial charge is 0.319 e. The minimum atomic E-state index is -4.43. The Hall–Kier alpha value is -1.89. The quantitative estimate of drug-likeness (QED) is 0.844. The highest BCUT2D eigenvalue weighted by Gasteiger charge is 2.34. The molecule has 7 heteroatoms. The van der Waals surface area contributed by atoms with Crippen LogP contribution in [0.1, 0.15) is 22.9 Å². The molecular formula is C10H9F3N4. The molecule has 1 aromatic carbocycles. The van der Waals surface area contributed by atoms with Crippen molar-refractivity contribution < 1.29 is 13.2 Å². The second-order valence-corrected chi connectivity index (χ2v) is 3.46. The van der Waals surface area contributed by atoms with Gasteiger partial charge in [0.25, 0.3) is 0 Å². The Kier molecular flexibility index (Phi) is 2.84. The number of hydrogen-bond acceptors (Lipinski definition) is 3. The van der Waals surface area contributed by atoms with Gasteiger partial charge in [-0.3, -0.25) is 0 Å². The third-order valence-electron chi connectivity index (χ3n) is 2.35. The SMILES string of the molecule is NC(c1cn[nH]n1)c1ccccc1C(F)(F)F. The second kappa shape index (κ2) is 4.17. The van der Waals surface area contributed by atoms with Crippen LogP contribution in [0.3, 0.4) is 0 Å². The summed E-state index contributed by atoms with van der Waals surface area (Å²) in [6.45, 7) is 0. The summed E-state index contributed by atoms with van der Waals surface area (Å²) in [7, 11) is 0. The van der Waals surface area contributed by atoms with Crippen molar-refractivity contribution in [2.45, 2.75) is 12.2 Å². The summed E-state index contributed by atoms with van der Waals surface area (Å²) in [5.41, 5.74) is 5.23. The van der Waals surface area contributed by atoms with Crippen molar-refractivity contribution in [3.63, 3.8) is 0 Å². The zero-order valence-corrected chi connectivity index (χ0v) is 8.57. The Bertz CT molecular complexity index is 493. The number of alkyl halides is 3. The Morgan fingerprint density at radius 3 is 2.53 bits per heavy atom. The van der Waals surface area contributed by atoms with Gasteiger partial charge in [0.2, 0.25) is 0 Å². The maximum absolute atomic E-state index is 12.8. The largest absolute Gasteiger partial charge is 0.416 e. The topological polar surface area (TPSA) is 67.6 Å². The van der Waals surface area contributed by atoms with E-state index >= 15 is 0 Å². The Balaban J connectivity index is 2.46. The zero-order valence-electron chi connectivity index (χ0n) is 8.57. The van der Waals surface area contributed by atoms with Gasteiger partial charge in [0.05, 0.1) is 17.8 Å². The molecule has 0 fully saturated rings. The van der Waals surface area contributed by atoms with E-state index in [1.54, 1.807) is 0 Å². The highest BCUT2D eigenvalue weighted by atomic mass is 19.4. The van der Waals surface area contributed by atoms with E-state index in [0.29, 0.717) is 0 Å². The highest BCUT2D eigenvalue weighted by molar-refractivity contribution is 5.35. The minimum Gasteiger partial charge on any atom is -0.319 e. The van der Waals surface area contributed by atoms with Gasteiger partial charge in [0.15, 0.2) is 0 Å². The maximum Gasteiger partial charge on any atom is 0.416 e. The fourth-order valence-corrected chi connectivity index (χ4v) is 1.55. The van der Waals surface area contributed by atoms with Crippen LogP contribution in [0, 0.1) is 0 Å². The number of aromatic nitrogens is 3. The van der Waals surface area contributed by atoms with Crippen LogP contribution in [-0.4, -0.2) is 15.4 Å². The molecule has 1 atom stereocenters. The molecule has 1 heterocycles. The van der Waals surface area contributed by atoms with Crippen LogP contribution >= 0.6 is 0 Å². The van der Waals surface area contributed by atoms with Gasteiger partial charge >= 0.3 is 6.18 Å². The van der Waals surface area contributed by atoms with E-state index in [4.69, 9.17) is 5.73 Å². The molecule has 1 unspecified atom stereocenters. The molecule has 0 spiro atoms. The second-order valence-electron chi connectivity index (χ2n) is 3.46. The van der Waals surface area contributed by atoms with E-state index < -0.39 is 17.8 Å². The molecule has 0 amide bonds. The number of nitrogens with one attached hydrogen (secondary N) is 1. The predicted molar refractivity (Wildman–Crippen MR) is 53.9 cm³/mol. The first-order valence-corrected chi connectivity index (χ1v) is 4.77. The molecule has 0 aliphatic heterocycles. The molecule has 0 radical (unpaired) electrons. The molecule has 1 aromatic heterocycles. The Morgan fingerprint density at radius 1 is 1.24 bits per heavy atom. The van der Waals surface area contributed by atoms with Crippen LogP contribution in [0.5, 0.6) is 0 Å². The Labute approximate surface area is 94.6 Å². The lowest BCUT2D eigenvalue weighted by Crippen LogP contribution is -2.18. The lowest BCUT2D eigenvalue weighted by atomic mass is 9.99. The summed E-state index contributed by atoms with van der Waals surface area (Å²) in [4.78, 5) is 0. The summed E-state index contributed by atoms with van der Waals surface area (Å²) in [6, 6.07) is 4.20. The fourth-order valence-electron chi connectivity index (χ4n) is 1.55. The molecule has 4 nitrogen and oxygen atoms in total. The molecule has 0 aliphatic carbocycles. The van der Waals surface area contributed by atoms with Gasteiger partial charge in [-0.05, 0) is 11.6 Å². The average molecular weight is 242 g/mol. The first-order chi connectivity index (χ1) is 8.00. The highest BCUT2D eigenvalue weighted by Crippen LogP contribution is 2.34. The molecule has 17 heavy (non-hydrogen) atoms. The van der Waals surface area contributed by atoms with Crippen LogP contribution in [0.15, 0.2) is 30.5 Å². The summed E-state index contributed by atoms with van der Waals surface area (Å²) >= 11 is 0. The molecule has 0 bridgehead atoms.